The molecule has 0 aliphatic carbocycles. The van der Waals surface area contributed by atoms with Gasteiger partial charge in [-0.15, -0.1) is 0 Å². The van der Waals surface area contributed by atoms with Crippen molar-refractivity contribution < 1.29 is 13.2 Å². The Morgan fingerprint density at radius 2 is 1.81 bits per heavy atom. The van der Waals surface area contributed by atoms with E-state index in [4.69, 9.17) is 23.2 Å². The first-order valence-corrected chi connectivity index (χ1v) is 10.7. The second-order valence-corrected chi connectivity index (χ2v) is 9.06. The van der Waals surface area contributed by atoms with Crippen molar-refractivity contribution in [2.75, 3.05) is 18.4 Å². The van der Waals surface area contributed by atoms with E-state index < -0.39 is 15.9 Å². The Hall–Kier alpha value is -1.67. The Kier molecular flexibility index (Phi) is 6.05. The van der Waals surface area contributed by atoms with Crippen molar-refractivity contribution in [3.8, 4) is 0 Å². The fourth-order valence-electron chi connectivity index (χ4n) is 2.97. The number of rotatable bonds is 4. The van der Waals surface area contributed by atoms with Gasteiger partial charge in [-0.2, -0.15) is 4.31 Å². The molecule has 2 aromatic rings. The third-order valence-electron chi connectivity index (χ3n) is 4.41. The molecular formula is C18H19Cl2N3O3S. The molecular weight excluding hydrogens is 409 g/mol. The van der Waals surface area contributed by atoms with Crippen molar-refractivity contribution in [2.45, 2.75) is 31.1 Å². The summed E-state index contributed by atoms with van der Waals surface area (Å²) in [5.74, 6) is -0.562. The quantitative estimate of drug-likeness (QED) is 0.743. The van der Waals surface area contributed by atoms with E-state index in [0.717, 1.165) is 19.3 Å². The van der Waals surface area contributed by atoms with Crippen LogP contribution >= 0.6 is 23.2 Å². The van der Waals surface area contributed by atoms with Crippen LogP contribution in [0.15, 0.2) is 35.2 Å². The van der Waals surface area contributed by atoms with Crippen molar-refractivity contribution in [1.82, 2.24) is 9.29 Å². The summed E-state index contributed by atoms with van der Waals surface area (Å²) < 4.78 is 27.5. The Morgan fingerprint density at radius 1 is 1.11 bits per heavy atom. The molecule has 0 bridgehead atoms. The number of amides is 1. The summed E-state index contributed by atoms with van der Waals surface area (Å²) in [4.78, 5) is 16.6. The molecule has 3 rings (SSSR count). The SMILES string of the molecule is Cc1ccc(NC(=O)c2nc(Cl)ccc2Cl)cc1S(=O)(=O)N1CCCCC1. The van der Waals surface area contributed by atoms with Crippen LogP contribution in [0.5, 0.6) is 0 Å². The smallest absolute Gasteiger partial charge is 0.275 e. The standard InChI is InChI=1S/C18H19Cl2N3O3S/c1-12-5-6-13(21-18(24)17-14(19)7-8-16(20)22-17)11-15(12)27(25,26)23-9-3-2-4-10-23/h5-8,11H,2-4,9-10H2,1H3,(H,21,24). The molecule has 1 aromatic carbocycles. The first kappa shape index (κ1) is 20.1. The lowest BCUT2D eigenvalue weighted by molar-refractivity contribution is 0.102. The van der Waals surface area contributed by atoms with Crippen LogP contribution in [0.25, 0.3) is 0 Å². The Balaban J connectivity index is 1.89. The monoisotopic (exact) mass is 427 g/mol. The molecule has 6 nitrogen and oxygen atoms in total. The third-order valence-corrected chi connectivity index (χ3v) is 6.96. The van der Waals surface area contributed by atoms with Crippen LogP contribution in [0.3, 0.4) is 0 Å². The molecule has 0 saturated carbocycles. The molecule has 2 heterocycles. The largest absolute Gasteiger partial charge is 0.321 e. The van der Waals surface area contributed by atoms with Crippen molar-refractivity contribution in [2.24, 2.45) is 0 Å². The normalized spacial score (nSPS) is 15.5. The van der Waals surface area contributed by atoms with E-state index in [9.17, 15) is 13.2 Å². The molecule has 0 atom stereocenters. The highest BCUT2D eigenvalue weighted by Crippen LogP contribution is 2.26. The molecule has 0 radical (unpaired) electrons. The lowest BCUT2D eigenvalue weighted by Gasteiger charge is -2.26. The number of halogens is 2. The van der Waals surface area contributed by atoms with E-state index in [1.165, 1.54) is 22.5 Å². The predicted molar refractivity (Wildman–Crippen MR) is 106 cm³/mol. The first-order valence-electron chi connectivity index (χ1n) is 8.53. The molecule has 1 N–H and O–H groups in total. The lowest BCUT2D eigenvalue weighted by Crippen LogP contribution is -2.36. The minimum atomic E-state index is -3.61. The number of sulfonamides is 1. The molecule has 1 aromatic heterocycles. The molecule has 0 spiro atoms. The second-order valence-electron chi connectivity index (χ2n) is 6.36. The summed E-state index contributed by atoms with van der Waals surface area (Å²) in [5, 5.41) is 2.94. The van der Waals surface area contributed by atoms with Gasteiger partial charge in [0.25, 0.3) is 5.91 Å². The van der Waals surface area contributed by atoms with Gasteiger partial charge in [-0.25, -0.2) is 13.4 Å². The molecule has 144 valence electrons. The number of carbonyl (C=O) groups is 1. The van der Waals surface area contributed by atoms with Gasteiger partial charge in [0.05, 0.1) is 9.92 Å². The molecule has 9 heteroatoms. The maximum absolute atomic E-state index is 13.0. The summed E-state index contributed by atoms with van der Waals surface area (Å²) in [5.41, 5.74) is 0.946. The van der Waals surface area contributed by atoms with Crippen molar-refractivity contribution in [3.63, 3.8) is 0 Å². The van der Waals surface area contributed by atoms with Crippen LogP contribution in [0.2, 0.25) is 10.2 Å². The predicted octanol–water partition coefficient (Wildman–Crippen LogP) is 4.12. The summed E-state index contributed by atoms with van der Waals surface area (Å²) in [6.07, 6.45) is 2.75. The highest BCUT2D eigenvalue weighted by Gasteiger charge is 2.27. The van der Waals surface area contributed by atoms with E-state index in [-0.39, 0.29) is 20.8 Å². The van der Waals surface area contributed by atoms with Crippen LogP contribution in [-0.2, 0) is 10.0 Å². The van der Waals surface area contributed by atoms with Gasteiger partial charge in [-0.3, -0.25) is 4.79 Å². The maximum atomic E-state index is 13.0. The number of aryl methyl sites for hydroxylation is 1. The van der Waals surface area contributed by atoms with E-state index in [0.29, 0.717) is 24.3 Å². The highest BCUT2D eigenvalue weighted by atomic mass is 35.5. The molecule has 1 fully saturated rings. The Labute approximate surface area is 168 Å². The van der Waals surface area contributed by atoms with Gasteiger partial charge in [0, 0.05) is 18.8 Å². The molecule has 1 aliphatic rings. The molecule has 1 saturated heterocycles. The molecule has 1 amide bonds. The molecule has 1 aliphatic heterocycles. The number of hydrogen-bond donors (Lipinski definition) is 1. The number of carbonyl (C=O) groups excluding carboxylic acids is 1. The van der Waals surface area contributed by atoms with Crippen LogP contribution in [0.1, 0.15) is 35.3 Å². The number of hydrogen-bond acceptors (Lipinski definition) is 4. The summed E-state index contributed by atoms with van der Waals surface area (Å²) in [7, 11) is -3.61. The van der Waals surface area contributed by atoms with Crippen LogP contribution in [0, 0.1) is 6.92 Å². The molecule has 0 unspecified atom stereocenters. The maximum Gasteiger partial charge on any atom is 0.275 e. The van der Waals surface area contributed by atoms with E-state index in [2.05, 4.69) is 10.3 Å². The number of anilines is 1. The van der Waals surface area contributed by atoms with Crippen LogP contribution < -0.4 is 5.32 Å². The van der Waals surface area contributed by atoms with E-state index in [1.54, 1.807) is 19.1 Å². The van der Waals surface area contributed by atoms with Crippen molar-refractivity contribution in [1.29, 1.82) is 0 Å². The number of nitrogens with zero attached hydrogens (tertiary/aromatic N) is 2. The van der Waals surface area contributed by atoms with Gasteiger partial charge in [0.15, 0.2) is 0 Å². The number of nitrogens with one attached hydrogen (secondary N) is 1. The van der Waals surface area contributed by atoms with E-state index >= 15 is 0 Å². The summed E-state index contributed by atoms with van der Waals surface area (Å²) in [6.45, 7) is 2.76. The second kappa shape index (κ2) is 8.14. The van der Waals surface area contributed by atoms with Gasteiger partial charge < -0.3 is 5.32 Å². The topological polar surface area (TPSA) is 79.4 Å². The van der Waals surface area contributed by atoms with Gasteiger partial charge in [-0.1, -0.05) is 35.7 Å². The summed E-state index contributed by atoms with van der Waals surface area (Å²) >= 11 is 11.8. The zero-order valence-electron chi connectivity index (χ0n) is 14.7. The van der Waals surface area contributed by atoms with Gasteiger partial charge in [0.1, 0.15) is 10.8 Å². The van der Waals surface area contributed by atoms with Gasteiger partial charge >= 0.3 is 0 Å². The van der Waals surface area contributed by atoms with Crippen molar-refractivity contribution in [3.05, 3.63) is 51.8 Å². The average molecular weight is 428 g/mol. The fourth-order valence-corrected chi connectivity index (χ4v) is 5.07. The minimum Gasteiger partial charge on any atom is -0.321 e. The summed E-state index contributed by atoms with van der Waals surface area (Å²) in [6, 6.07) is 7.74. The number of benzene rings is 1. The fraction of sp³-hybridized carbons (Fsp3) is 0.333. The minimum absolute atomic E-state index is 0.0230. The zero-order chi connectivity index (χ0) is 19.6. The van der Waals surface area contributed by atoms with Crippen LogP contribution in [-0.4, -0.2) is 36.7 Å². The first-order chi connectivity index (χ1) is 12.8. The number of piperidine rings is 1. The third kappa shape index (κ3) is 4.43. The van der Waals surface area contributed by atoms with Crippen LogP contribution in [0.4, 0.5) is 5.69 Å². The Bertz CT molecular complexity index is 974. The number of pyridine rings is 1. The Morgan fingerprint density at radius 3 is 2.52 bits per heavy atom. The average Bonchev–Trinajstić information content (AvgIpc) is 2.65. The van der Waals surface area contributed by atoms with Crippen molar-refractivity contribution >= 4 is 44.8 Å². The van der Waals surface area contributed by atoms with E-state index in [1.807, 2.05) is 0 Å². The van der Waals surface area contributed by atoms with Gasteiger partial charge in [-0.05, 0) is 49.6 Å². The zero-order valence-corrected chi connectivity index (χ0v) is 17.0. The lowest BCUT2D eigenvalue weighted by atomic mass is 10.2. The number of aromatic nitrogens is 1. The molecule has 27 heavy (non-hydrogen) atoms. The van der Waals surface area contributed by atoms with Gasteiger partial charge in [0.2, 0.25) is 10.0 Å². The highest BCUT2D eigenvalue weighted by molar-refractivity contribution is 7.89.